The smallest absolute Gasteiger partial charge is 0.278 e. The number of benzene rings is 2. The van der Waals surface area contributed by atoms with E-state index >= 15 is 0 Å². The number of ether oxygens (including phenoxy) is 2. The zero-order chi connectivity index (χ0) is 21.3. The third-order valence-electron chi connectivity index (χ3n) is 4.46. The van der Waals surface area contributed by atoms with Crippen LogP contribution in [0.3, 0.4) is 0 Å². The Morgan fingerprint density at radius 1 is 1.07 bits per heavy atom. The zero-order valence-electron chi connectivity index (χ0n) is 16.5. The summed E-state index contributed by atoms with van der Waals surface area (Å²) in [5, 5.41) is 9.75. The fourth-order valence-corrected chi connectivity index (χ4v) is 3.25. The normalized spacial score (nSPS) is 11.0. The van der Waals surface area contributed by atoms with Crippen molar-refractivity contribution in [1.29, 1.82) is 0 Å². The topological polar surface area (TPSA) is 75.2 Å². The summed E-state index contributed by atoms with van der Waals surface area (Å²) in [5.41, 5.74) is 3.09. The van der Waals surface area contributed by atoms with Crippen LogP contribution < -0.4 is 9.47 Å². The van der Waals surface area contributed by atoms with Crippen LogP contribution in [0.2, 0.25) is 10.0 Å². The van der Waals surface area contributed by atoms with Crippen molar-refractivity contribution in [3.8, 4) is 34.5 Å². The van der Waals surface area contributed by atoms with E-state index in [1.165, 1.54) is 0 Å². The molecule has 0 aliphatic rings. The fourth-order valence-electron chi connectivity index (χ4n) is 2.97. The molecular formula is C21H18Cl2N4O3. The molecule has 0 saturated carbocycles. The molecule has 2 aromatic carbocycles. The molecule has 30 heavy (non-hydrogen) atoms. The Kier molecular flexibility index (Phi) is 5.65. The first-order valence-electron chi connectivity index (χ1n) is 9.05. The van der Waals surface area contributed by atoms with E-state index in [-0.39, 0.29) is 12.6 Å². The molecule has 0 N–H and O–H groups in total. The van der Waals surface area contributed by atoms with E-state index in [1.807, 2.05) is 26.0 Å². The van der Waals surface area contributed by atoms with Gasteiger partial charge in [0.1, 0.15) is 11.5 Å². The van der Waals surface area contributed by atoms with Crippen LogP contribution in [0, 0.1) is 13.8 Å². The van der Waals surface area contributed by atoms with Gasteiger partial charge in [-0.25, -0.2) is 4.68 Å². The molecule has 0 spiro atoms. The third-order valence-corrected chi connectivity index (χ3v) is 5.29. The quantitative estimate of drug-likeness (QED) is 0.386. The summed E-state index contributed by atoms with van der Waals surface area (Å²) >= 11 is 12.3. The number of hydrogen-bond donors (Lipinski definition) is 0. The number of aryl methyl sites for hydroxylation is 2. The Morgan fingerprint density at radius 2 is 1.83 bits per heavy atom. The second-order valence-electron chi connectivity index (χ2n) is 6.65. The minimum absolute atomic E-state index is 0.226. The predicted molar refractivity (Wildman–Crippen MR) is 114 cm³/mol. The SMILES string of the molecule is COc1ccc(Cl)cc1-c1noc(-c2ccn(COc3cc(C)c(Cl)c(C)c3)n2)n1. The van der Waals surface area contributed by atoms with E-state index in [1.54, 1.807) is 42.3 Å². The average Bonchev–Trinajstić information content (AvgIpc) is 3.40. The first kappa shape index (κ1) is 20.3. The van der Waals surface area contributed by atoms with Crippen molar-refractivity contribution in [3.05, 3.63) is 63.8 Å². The molecule has 154 valence electrons. The highest BCUT2D eigenvalue weighted by Gasteiger charge is 2.17. The van der Waals surface area contributed by atoms with Crippen LogP contribution >= 0.6 is 23.2 Å². The first-order chi connectivity index (χ1) is 14.4. The van der Waals surface area contributed by atoms with Crippen molar-refractivity contribution in [1.82, 2.24) is 19.9 Å². The van der Waals surface area contributed by atoms with Gasteiger partial charge in [0.05, 0.1) is 12.7 Å². The molecule has 2 heterocycles. The Labute approximate surface area is 183 Å². The van der Waals surface area contributed by atoms with Gasteiger partial charge in [-0.1, -0.05) is 28.4 Å². The van der Waals surface area contributed by atoms with Crippen LogP contribution in [0.5, 0.6) is 11.5 Å². The van der Waals surface area contributed by atoms with Crippen molar-refractivity contribution in [2.75, 3.05) is 7.11 Å². The van der Waals surface area contributed by atoms with Gasteiger partial charge in [0.2, 0.25) is 5.82 Å². The maximum absolute atomic E-state index is 6.20. The van der Waals surface area contributed by atoms with Crippen molar-refractivity contribution in [2.24, 2.45) is 0 Å². The maximum Gasteiger partial charge on any atom is 0.278 e. The molecule has 0 saturated heterocycles. The number of hydrogen-bond acceptors (Lipinski definition) is 6. The summed E-state index contributed by atoms with van der Waals surface area (Å²) in [6, 6.07) is 10.8. The molecule has 0 aliphatic carbocycles. The number of halogens is 2. The molecule has 0 bridgehead atoms. The van der Waals surface area contributed by atoms with E-state index in [2.05, 4.69) is 15.2 Å². The summed E-state index contributed by atoms with van der Waals surface area (Å²) in [4.78, 5) is 4.42. The Hall–Kier alpha value is -3.03. The second kappa shape index (κ2) is 8.38. The van der Waals surface area contributed by atoms with Crippen molar-refractivity contribution in [2.45, 2.75) is 20.6 Å². The zero-order valence-corrected chi connectivity index (χ0v) is 18.0. The van der Waals surface area contributed by atoms with E-state index in [4.69, 9.17) is 37.2 Å². The third kappa shape index (κ3) is 4.13. The minimum atomic E-state index is 0.226. The highest BCUT2D eigenvalue weighted by molar-refractivity contribution is 6.32. The number of nitrogens with zero attached hydrogens (tertiary/aromatic N) is 4. The summed E-state index contributed by atoms with van der Waals surface area (Å²) in [5.74, 6) is 1.96. The van der Waals surface area contributed by atoms with Gasteiger partial charge in [-0.15, -0.1) is 0 Å². The summed E-state index contributed by atoms with van der Waals surface area (Å²) in [6.45, 7) is 4.11. The molecule has 0 fully saturated rings. The van der Waals surface area contributed by atoms with E-state index in [0.29, 0.717) is 27.9 Å². The standard InChI is InChI=1S/C21H18Cl2N4O3/c1-12-8-15(9-13(2)19(12)23)29-11-27-7-6-17(25-27)21-24-20(26-30-21)16-10-14(22)4-5-18(16)28-3/h4-10H,11H2,1-3H3. The van der Waals surface area contributed by atoms with Gasteiger partial charge in [-0.3, -0.25) is 0 Å². The molecule has 0 radical (unpaired) electrons. The summed E-state index contributed by atoms with van der Waals surface area (Å²) < 4.78 is 18.2. The van der Waals surface area contributed by atoms with E-state index in [9.17, 15) is 0 Å². The Balaban J connectivity index is 1.51. The molecule has 2 aromatic heterocycles. The van der Waals surface area contributed by atoms with Crippen LogP contribution in [0.15, 0.2) is 47.1 Å². The van der Waals surface area contributed by atoms with Crippen molar-refractivity contribution < 1.29 is 14.0 Å². The Bertz CT molecular complexity index is 1180. The predicted octanol–water partition coefficient (Wildman–Crippen LogP) is 5.57. The van der Waals surface area contributed by atoms with Crippen LogP contribution in [0.25, 0.3) is 23.0 Å². The maximum atomic E-state index is 6.20. The number of methoxy groups -OCH3 is 1. The average molecular weight is 445 g/mol. The van der Waals surface area contributed by atoms with Crippen LogP contribution in [-0.4, -0.2) is 27.0 Å². The molecule has 4 aromatic rings. The van der Waals surface area contributed by atoms with Crippen molar-refractivity contribution in [3.63, 3.8) is 0 Å². The molecule has 4 rings (SSSR count). The van der Waals surface area contributed by atoms with Crippen LogP contribution in [-0.2, 0) is 6.73 Å². The second-order valence-corrected chi connectivity index (χ2v) is 7.47. The fraction of sp³-hybridized carbons (Fsp3) is 0.190. The molecule has 0 aliphatic heterocycles. The molecular weight excluding hydrogens is 427 g/mol. The van der Waals surface area contributed by atoms with Crippen LogP contribution in [0.1, 0.15) is 11.1 Å². The molecule has 9 heteroatoms. The lowest BCUT2D eigenvalue weighted by Crippen LogP contribution is -2.06. The molecule has 7 nitrogen and oxygen atoms in total. The van der Waals surface area contributed by atoms with E-state index in [0.717, 1.165) is 21.9 Å². The summed E-state index contributed by atoms with van der Waals surface area (Å²) in [7, 11) is 1.57. The molecule has 0 unspecified atom stereocenters. The lowest BCUT2D eigenvalue weighted by Gasteiger charge is -2.09. The van der Waals surface area contributed by atoms with Crippen LogP contribution in [0.4, 0.5) is 0 Å². The van der Waals surface area contributed by atoms with Gasteiger partial charge < -0.3 is 14.0 Å². The van der Waals surface area contributed by atoms with Crippen molar-refractivity contribution >= 4 is 23.2 Å². The van der Waals surface area contributed by atoms with Gasteiger partial charge in [-0.2, -0.15) is 10.1 Å². The van der Waals surface area contributed by atoms with Gasteiger partial charge in [0.25, 0.3) is 5.89 Å². The molecule has 0 amide bonds. The molecule has 0 atom stereocenters. The van der Waals surface area contributed by atoms with Gasteiger partial charge in [-0.05, 0) is 61.4 Å². The first-order valence-corrected chi connectivity index (χ1v) is 9.81. The highest BCUT2D eigenvalue weighted by Crippen LogP contribution is 2.32. The van der Waals surface area contributed by atoms with E-state index < -0.39 is 0 Å². The number of aromatic nitrogens is 4. The van der Waals surface area contributed by atoms with Gasteiger partial charge in [0.15, 0.2) is 12.4 Å². The lowest BCUT2D eigenvalue weighted by atomic mass is 10.1. The monoisotopic (exact) mass is 444 g/mol. The van der Waals surface area contributed by atoms with Gasteiger partial charge >= 0.3 is 0 Å². The number of rotatable bonds is 6. The summed E-state index contributed by atoms with van der Waals surface area (Å²) in [6.07, 6.45) is 1.77. The minimum Gasteiger partial charge on any atom is -0.496 e. The lowest BCUT2D eigenvalue weighted by molar-refractivity contribution is 0.221. The highest BCUT2D eigenvalue weighted by atomic mass is 35.5. The largest absolute Gasteiger partial charge is 0.496 e. The Morgan fingerprint density at radius 3 is 2.57 bits per heavy atom. The van der Waals surface area contributed by atoms with Gasteiger partial charge in [0, 0.05) is 16.2 Å².